The molecular formula is C10H23Cl3Si. The molecule has 0 aliphatic rings. The highest BCUT2D eigenvalue weighted by molar-refractivity contribution is 7.54. The van der Waals surface area contributed by atoms with Gasteiger partial charge in [0.15, 0.2) is 0 Å². The quantitative estimate of drug-likeness (QED) is 0.324. The van der Waals surface area contributed by atoms with Gasteiger partial charge in [0.1, 0.15) is 0 Å². The molecule has 0 aliphatic carbocycles. The summed E-state index contributed by atoms with van der Waals surface area (Å²) < 4.78 is 0. The van der Waals surface area contributed by atoms with Crippen LogP contribution in [0.3, 0.4) is 0 Å². The number of unbranched alkanes of at least 4 members (excludes halogenated alkanes) is 7. The van der Waals surface area contributed by atoms with E-state index < -0.39 is 6.73 Å². The Morgan fingerprint density at radius 3 is 1.07 bits per heavy atom. The van der Waals surface area contributed by atoms with Gasteiger partial charge < -0.3 is 0 Å². The normalized spacial score (nSPS) is 9.86. The minimum atomic E-state index is -1.72. The van der Waals surface area contributed by atoms with E-state index in [0.717, 1.165) is 0 Å². The van der Waals surface area contributed by atoms with Crippen LogP contribution in [0.15, 0.2) is 0 Å². The summed E-state index contributed by atoms with van der Waals surface area (Å²) in [7, 11) is 0. The molecule has 0 radical (unpaired) electrons. The van der Waals surface area contributed by atoms with E-state index in [0.29, 0.717) is 0 Å². The Kier molecular flexibility index (Phi) is 20.6. The van der Waals surface area contributed by atoms with Crippen LogP contribution in [-0.4, -0.2) is 6.73 Å². The van der Waals surface area contributed by atoms with Crippen LogP contribution in [0.5, 0.6) is 0 Å². The lowest BCUT2D eigenvalue weighted by Gasteiger charge is -1.97. The zero-order chi connectivity index (χ0) is 11.2. The molecule has 0 aromatic rings. The van der Waals surface area contributed by atoms with E-state index in [1.165, 1.54) is 51.4 Å². The van der Waals surface area contributed by atoms with Crippen molar-refractivity contribution in [1.82, 2.24) is 0 Å². The highest BCUT2D eigenvalue weighted by atomic mass is 35.8. The average molecular weight is 278 g/mol. The second-order valence-electron chi connectivity index (χ2n) is 3.37. The maximum atomic E-state index is 4.94. The molecule has 0 fully saturated rings. The van der Waals surface area contributed by atoms with E-state index >= 15 is 0 Å². The number of rotatable bonds is 7. The van der Waals surface area contributed by atoms with Gasteiger partial charge in [0, 0.05) is 0 Å². The van der Waals surface area contributed by atoms with E-state index in [9.17, 15) is 0 Å². The third-order valence-corrected chi connectivity index (χ3v) is 1.96. The summed E-state index contributed by atoms with van der Waals surface area (Å²) in [6.45, 7) is 2.82. The predicted octanol–water partition coefficient (Wildman–Crippen LogP) is 5.57. The van der Waals surface area contributed by atoms with Crippen molar-refractivity contribution in [2.45, 2.75) is 65.2 Å². The van der Waals surface area contributed by atoms with Crippen LogP contribution in [0.2, 0.25) is 0 Å². The molecule has 0 rings (SSSR count). The highest BCUT2D eigenvalue weighted by Gasteiger charge is 1.87. The van der Waals surface area contributed by atoms with Crippen molar-refractivity contribution >= 4 is 40.0 Å². The Morgan fingerprint density at radius 2 is 0.857 bits per heavy atom. The van der Waals surface area contributed by atoms with Crippen molar-refractivity contribution in [2.75, 3.05) is 0 Å². The van der Waals surface area contributed by atoms with E-state index in [2.05, 4.69) is 13.8 Å². The molecule has 0 nitrogen and oxygen atoms in total. The van der Waals surface area contributed by atoms with Gasteiger partial charge in [-0.1, -0.05) is 65.2 Å². The fourth-order valence-electron chi connectivity index (χ4n) is 1.21. The molecule has 0 bridgehead atoms. The molecule has 0 amide bonds. The molecule has 14 heavy (non-hydrogen) atoms. The molecule has 0 atom stereocenters. The zero-order valence-corrected chi connectivity index (χ0v) is 12.8. The Balaban J connectivity index is 0. The lowest BCUT2D eigenvalue weighted by Crippen LogP contribution is -1.77. The van der Waals surface area contributed by atoms with Crippen LogP contribution in [-0.2, 0) is 0 Å². The molecule has 4 heteroatoms. The Hall–Kier alpha value is 1.09. The van der Waals surface area contributed by atoms with Gasteiger partial charge in [0.2, 0.25) is 0 Å². The van der Waals surface area contributed by atoms with E-state index in [-0.39, 0.29) is 0 Å². The van der Waals surface area contributed by atoms with Gasteiger partial charge in [-0.05, 0) is 0 Å². The molecule has 88 valence electrons. The topological polar surface area (TPSA) is 0 Å². The number of halogens is 3. The van der Waals surface area contributed by atoms with Crippen molar-refractivity contribution in [3.8, 4) is 0 Å². The molecule has 0 heterocycles. The second-order valence-corrected chi connectivity index (χ2v) is 9.80. The molecule has 0 spiro atoms. The third kappa shape index (κ3) is 29.2. The molecule has 0 saturated heterocycles. The van der Waals surface area contributed by atoms with Gasteiger partial charge >= 0.3 is 6.73 Å². The smallest absolute Gasteiger partial charge is 0.130 e. The fraction of sp³-hybridized carbons (Fsp3) is 1.00. The lowest BCUT2D eigenvalue weighted by atomic mass is 10.1. The summed E-state index contributed by atoms with van der Waals surface area (Å²) in [6.07, 6.45) is 11.5. The Morgan fingerprint density at radius 1 is 0.643 bits per heavy atom. The van der Waals surface area contributed by atoms with Crippen LogP contribution in [0, 0.1) is 0 Å². The zero-order valence-electron chi connectivity index (χ0n) is 9.37. The Labute approximate surface area is 105 Å². The second kappa shape index (κ2) is 16.5. The van der Waals surface area contributed by atoms with E-state index in [1.54, 1.807) is 0 Å². The summed E-state index contributed by atoms with van der Waals surface area (Å²) in [5.74, 6) is 0. The van der Waals surface area contributed by atoms with Crippen LogP contribution >= 0.6 is 33.2 Å². The van der Waals surface area contributed by atoms with Gasteiger partial charge in [0.05, 0.1) is 0 Å². The molecular weight excluding hydrogens is 255 g/mol. The third-order valence-electron chi connectivity index (χ3n) is 1.96. The number of hydrogen-bond donors (Lipinski definition) is 0. The van der Waals surface area contributed by atoms with Gasteiger partial charge in [-0.3, -0.25) is 0 Å². The molecule has 0 saturated carbocycles. The first-order chi connectivity index (χ1) is 6.65. The summed E-state index contributed by atoms with van der Waals surface area (Å²) in [6, 6.07) is 0. The van der Waals surface area contributed by atoms with Crippen molar-refractivity contribution in [1.29, 1.82) is 0 Å². The Bertz CT molecular complexity index is 78.7. The van der Waals surface area contributed by atoms with Gasteiger partial charge in [-0.2, -0.15) is 0 Å². The molecule has 0 aromatic carbocycles. The molecule has 0 aliphatic heterocycles. The van der Waals surface area contributed by atoms with E-state index in [1.807, 2.05) is 0 Å². The van der Waals surface area contributed by atoms with Gasteiger partial charge in [0.25, 0.3) is 0 Å². The summed E-state index contributed by atoms with van der Waals surface area (Å²) in [5, 5.41) is 0. The minimum Gasteiger partial charge on any atom is -0.130 e. The standard InChI is InChI=1S/C10H22.Cl3HSi/c1-3-5-7-9-10-8-6-4-2;1-4(2)3/h3-10H2,1-2H3;4H. The van der Waals surface area contributed by atoms with Crippen molar-refractivity contribution in [2.24, 2.45) is 0 Å². The van der Waals surface area contributed by atoms with Crippen molar-refractivity contribution in [3.63, 3.8) is 0 Å². The predicted molar refractivity (Wildman–Crippen MR) is 73.0 cm³/mol. The first-order valence-corrected chi connectivity index (χ1v) is 10.8. The monoisotopic (exact) mass is 276 g/mol. The van der Waals surface area contributed by atoms with Crippen LogP contribution < -0.4 is 0 Å². The molecule has 0 aromatic heterocycles. The summed E-state index contributed by atoms with van der Waals surface area (Å²) in [5.41, 5.74) is 0. The minimum absolute atomic E-state index is 1.37. The first kappa shape index (κ1) is 17.5. The first-order valence-electron chi connectivity index (χ1n) is 5.57. The van der Waals surface area contributed by atoms with E-state index in [4.69, 9.17) is 33.2 Å². The lowest BCUT2D eigenvalue weighted by molar-refractivity contribution is 0.585. The SMILES string of the molecule is CCCCCCCCCC.Cl[SiH](Cl)Cl. The summed E-state index contributed by atoms with van der Waals surface area (Å²) in [4.78, 5) is 0. The van der Waals surface area contributed by atoms with Crippen LogP contribution in [0.1, 0.15) is 65.2 Å². The van der Waals surface area contributed by atoms with Crippen molar-refractivity contribution in [3.05, 3.63) is 0 Å². The molecule has 0 unspecified atom stereocenters. The molecule has 0 N–H and O–H groups in total. The fourth-order valence-corrected chi connectivity index (χ4v) is 1.21. The van der Waals surface area contributed by atoms with Crippen molar-refractivity contribution < 1.29 is 0 Å². The average Bonchev–Trinajstić information content (AvgIpc) is 2.10. The summed E-state index contributed by atoms with van der Waals surface area (Å²) >= 11 is 14.8. The highest BCUT2D eigenvalue weighted by Crippen LogP contribution is 2.07. The van der Waals surface area contributed by atoms with Gasteiger partial charge in [-0.25, -0.2) is 0 Å². The number of hydrogen-bond acceptors (Lipinski definition) is 0. The largest absolute Gasteiger partial charge is 0.326 e. The van der Waals surface area contributed by atoms with Crippen LogP contribution in [0.25, 0.3) is 0 Å². The maximum Gasteiger partial charge on any atom is 0.326 e. The van der Waals surface area contributed by atoms with Crippen LogP contribution in [0.4, 0.5) is 0 Å². The maximum absolute atomic E-state index is 4.94. The van der Waals surface area contributed by atoms with Gasteiger partial charge in [-0.15, -0.1) is 33.2 Å².